The Morgan fingerprint density at radius 3 is 2.65 bits per heavy atom. The maximum atomic E-state index is 14.1. The molecule has 7 heteroatoms. The van der Waals surface area contributed by atoms with Crippen LogP contribution in [0.3, 0.4) is 0 Å². The highest BCUT2D eigenvalue weighted by Crippen LogP contribution is 2.37. The summed E-state index contributed by atoms with van der Waals surface area (Å²) in [6.45, 7) is 0. The van der Waals surface area contributed by atoms with Gasteiger partial charge in [-0.25, -0.2) is 8.78 Å². The first-order valence-electron chi connectivity index (χ1n) is 5.57. The van der Waals surface area contributed by atoms with Crippen molar-refractivity contribution in [2.24, 2.45) is 0 Å². The van der Waals surface area contributed by atoms with E-state index in [1.165, 1.54) is 12.3 Å². The highest BCUT2D eigenvalue weighted by Gasteiger charge is 2.19. The van der Waals surface area contributed by atoms with Gasteiger partial charge in [0.05, 0.1) is 0 Å². The highest BCUT2D eigenvalue weighted by molar-refractivity contribution is 6.31. The van der Waals surface area contributed by atoms with Crippen LogP contribution >= 0.6 is 11.6 Å². The number of nitrogens with zero attached hydrogens (tertiary/aromatic N) is 1. The summed E-state index contributed by atoms with van der Waals surface area (Å²) in [5.74, 6) is -1.75. The number of aromatic nitrogens is 1. The summed E-state index contributed by atoms with van der Waals surface area (Å²) >= 11 is 5.56. The van der Waals surface area contributed by atoms with Gasteiger partial charge in [-0.2, -0.15) is 0 Å². The average molecular weight is 296 g/mol. The van der Waals surface area contributed by atoms with Crippen molar-refractivity contribution in [3.8, 4) is 11.3 Å². The van der Waals surface area contributed by atoms with Crippen molar-refractivity contribution in [3.63, 3.8) is 0 Å². The molecule has 2 heterocycles. The van der Waals surface area contributed by atoms with Crippen LogP contribution in [0.25, 0.3) is 22.2 Å². The molecule has 20 heavy (non-hydrogen) atoms. The molecule has 2 aromatic heterocycles. The Morgan fingerprint density at radius 2 is 1.90 bits per heavy atom. The number of furan rings is 1. The second-order valence-corrected chi connectivity index (χ2v) is 4.52. The van der Waals surface area contributed by atoms with Gasteiger partial charge in [-0.15, -0.1) is 0 Å². The fourth-order valence-corrected chi connectivity index (χ4v) is 2.13. The molecule has 0 saturated heterocycles. The molecule has 4 N–H and O–H groups in total. The van der Waals surface area contributed by atoms with E-state index in [9.17, 15) is 8.78 Å². The number of rotatable bonds is 1. The normalized spacial score (nSPS) is 11.2. The molecule has 0 radical (unpaired) electrons. The predicted molar refractivity (Wildman–Crippen MR) is 73.2 cm³/mol. The van der Waals surface area contributed by atoms with Crippen LogP contribution in [0.2, 0.25) is 5.02 Å². The summed E-state index contributed by atoms with van der Waals surface area (Å²) in [4.78, 5) is 4.04. The van der Waals surface area contributed by atoms with Crippen LogP contribution in [-0.2, 0) is 0 Å². The Bertz CT molecular complexity index is 832. The summed E-state index contributed by atoms with van der Waals surface area (Å²) in [6.07, 6.45) is 1.43. The lowest BCUT2D eigenvalue weighted by atomic mass is 10.1. The smallest absolute Gasteiger partial charge is 0.214 e. The zero-order valence-electron chi connectivity index (χ0n) is 9.95. The van der Waals surface area contributed by atoms with E-state index >= 15 is 0 Å². The van der Waals surface area contributed by atoms with E-state index in [0.29, 0.717) is 5.39 Å². The maximum Gasteiger partial charge on any atom is 0.214 e. The molecule has 0 aliphatic carbocycles. The van der Waals surface area contributed by atoms with E-state index < -0.39 is 16.7 Å². The topological polar surface area (TPSA) is 78.1 Å². The summed E-state index contributed by atoms with van der Waals surface area (Å²) < 4.78 is 32.6. The maximum absolute atomic E-state index is 14.1. The molecule has 0 amide bonds. The highest BCUT2D eigenvalue weighted by atomic mass is 35.5. The van der Waals surface area contributed by atoms with E-state index in [1.807, 2.05) is 0 Å². The van der Waals surface area contributed by atoms with E-state index in [4.69, 9.17) is 27.5 Å². The minimum Gasteiger partial charge on any atom is -0.436 e. The van der Waals surface area contributed by atoms with Crippen molar-refractivity contribution in [2.75, 3.05) is 11.5 Å². The van der Waals surface area contributed by atoms with Crippen LogP contribution in [0.15, 0.2) is 28.8 Å². The summed E-state index contributed by atoms with van der Waals surface area (Å²) in [7, 11) is 0. The van der Waals surface area contributed by atoms with Crippen LogP contribution in [0.1, 0.15) is 0 Å². The zero-order valence-corrected chi connectivity index (χ0v) is 10.7. The van der Waals surface area contributed by atoms with Gasteiger partial charge in [0.15, 0.2) is 11.4 Å². The van der Waals surface area contributed by atoms with Gasteiger partial charge in [0.1, 0.15) is 22.2 Å². The molecule has 3 aromatic rings. The first-order chi connectivity index (χ1) is 9.50. The number of hydrogen-bond donors (Lipinski definition) is 2. The standard InChI is InChI=1S/C13H8ClF2N3O/c14-8-7(15)2-1-5(9(8)16)11-12-6(3-4-19-11)10(17)13(18)20-12/h1-4H,17-18H2. The predicted octanol–water partition coefficient (Wildman–Crippen LogP) is 3.59. The van der Waals surface area contributed by atoms with Crippen molar-refractivity contribution in [1.29, 1.82) is 0 Å². The quantitative estimate of drug-likeness (QED) is 0.672. The molecule has 102 valence electrons. The average Bonchev–Trinajstić information content (AvgIpc) is 2.73. The second kappa shape index (κ2) is 4.35. The van der Waals surface area contributed by atoms with Gasteiger partial charge in [-0.3, -0.25) is 4.98 Å². The van der Waals surface area contributed by atoms with Crippen molar-refractivity contribution < 1.29 is 13.2 Å². The largest absolute Gasteiger partial charge is 0.436 e. The molecule has 0 atom stereocenters. The minimum atomic E-state index is -0.916. The Morgan fingerprint density at radius 1 is 1.15 bits per heavy atom. The van der Waals surface area contributed by atoms with E-state index in [0.717, 1.165) is 6.07 Å². The molecule has 0 bridgehead atoms. The first kappa shape index (κ1) is 12.7. The van der Waals surface area contributed by atoms with Gasteiger partial charge in [0, 0.05) is 17.1 Å². The Hall–Kier alpha value is -2.34. The fraction of sp³-hybridized carbons (Fsp3) is 0. The lowest BCUT2D eigenvalue weighted by Crippen LogP contribution is -1.92. The lowest BCUT2D eigenvalue weighted by molar-refractivity contribution is 0.585. The van der Waals surface area contributed by atoms with Gasteiger partial charge < -0.3 is 15.9 Å². The van der Waals surface area contributed by atoms with Gasteiger partial charge in [-0.1, -0.05) is 11.6 Å². The molecule has 3 rings (SSSR count). The molecule has 0 fully saturated rings. The SMILES string of the molecule is Nc1oc2c(-c3ccc(F)c(Cl)c3F)nccc2c1N. The molecule has 4 nitrogen and oxygen atoms in total. The number of hydrogen-bond acceptors (Lipinski definition) is 4. The molecular weight excluding hydrogens is 288 g/mol. The van der Waals surface area contributed by atoms with Gasteiger partial charge in [-0.05, 0) is 18.2 Å². The Labute approximate surface area is 116 Å². The summed E-state index contributed by atoms with van der Waals surface area (Å²) in [6, 6.07) is 3.88. The van der Waals surface area contributed by atoms with Crippen molar-refractivity contribution >= 4 is 34.1 Å². The van der Waals surface area contributed by atoms with Gasteiger partial charge in [0.2, 0.25) is 5.88 Å². The van der Waals surface area contributed by atoms with Crippen LogP contribution in [0, 0.1) is 11.6 Å². The molecule has 0 aliphatic rings. The third-order valence-corrected chi connectivity index (χ3v) is 3.31. The van der Waals surface area contributed by atoms with E-state index in [-0.39, 0.29) is 28.4 Å². The minimum absolute atomic E-state index is 0.00995. The third kappa shape index (κ3) is 1.69. The molecule has 0 spiro atoms. The first-order valence-corrected chi connectivity index (χ1v) is 5.95. The number of fused-ring (bicyclic) bond motifs is 1. The zero-order chi connectivity index (χ0) is 14.4. The number of nitrogens with two attached hydrogens (primary N) is 2. The fourth-order valence-electron chi connectivity index (χ4n) is 1.96. The van der Waals surface area contributed by atoms with E-state index in [1.54, 1.807) is 6.07 Å². The third-order valence-electron chi connectivity index (χ3n) is 2.96. The van der Waals surface area contributed by atoms with Crippen molar-refractivity contribution in [1.82, 2.24) is 4.98 Å². The number of pyridine rings is 1. The molecule has 0 aliphatic heterocycles. The van der Waals surface area contributed by atoms with Crippen molar-refractivity contribution in [3.05, 3.63) is 41.1 Å². The number of benzene rings is 1. The van der Waals surface area contributed by atoms with E-state index in [2.05, 4.69) is 4.98 Å². The number of anilines is 2. The molecule has 1 aromatic carbocycles. The monoisotopic (exact) mass is 295 g/mol. The lowest BCUT2D eigenvalue weighted by Gasteiger charge is -2.05. The van der Waals surface area contributed by atoms with Crippen LogP contribution in [0.5, 0.6) is 0 Å². The second-order valence-electron chi connectivity index (χ2n) is 4.14. The van der Waals surface area contributed by atoms with Gasteiger partial charge >= 0.3 is 0 Å². The molecule has 0 unspecified atom stereocenters. The van der Waals surface area contributed by atoms with Crippen LogP contribution in [0.4, 0.5) is 20.4 Å². The molecule has 0 saturated carbocycles. The number of halogens is 3. The van der Waals surface area contributed by atoms with Crippen LogP contribution in [-0.4, -0.2) is 4.98 Å². The summed E-state index contributed by atoms with van der Waals surface area (Å²) in [5, 5.41) is -0.0962. The Balaban J connectivity index is 2.36. The molecular formula is C13H8ClF2N3O. The van der Waals surface area contributed by atoms with Gasteiger partial charge in [0.25, 0.3) is 0 Å². The Kier molecular flexibility index (Phi) is 2.76. The summed E-state index contributed by atoms with van der Waals surface area (Å²) in [5.41, 5.74) is 12.0. The van der Waals surface area contributed by atoms with Crippen molar-refractivity contribution in [2.45, 2.75) is 0 Å². The number of nitrogen functional groups attached to an aromatic ring is 2. The van der Waals surface area contributed by atoms with Crippen LogP contribution < -0.4 is 11.5 Å².